The van der Waals surface area contributed by atoms with Crippen LogP contribution in [-0.2, 0) is 35.6 Å². The smallest absolute Gasteiger partial charge is 0.226 e. The highest BCUT2D eigenvalue weighted by Gasteiger charge is 2.37. The number of ether oxygens (including phenoxy) is 3. The Morgan fingerprint density at radius 1 is 0.904 bits per heavy atom. The average molecular weight is 1020 g/mol. The molecule has 6 N–H and O–H groups in total. The lowest BCUT2D eigenvalue weighted by Crippen LogP contribution is -2.46. The summed E-state index contributed by atoms with van der Waals surface area (Å²) in [6, 6.07) is 17.4. The molecule has 4 aromatic rings. The Morgan fingerprint density at radius 2 is 1.53 bits per heavy atom. The van der Waals surface area contributed by atoms with Crippen molar-refractivity contribution in [3.05, 3.63) is 88.7 Å². The third kappa shape index (κ3) is 15.0. The van der Waals surface area contributed by atoms with Crippen molar-refractivity contribution in [3.8, 4) is 45.8 Å². The largest absolute Gasteiger partial charge is 0.492 e. The molecule has 0 unspecified atom stereocenters. The Labute approximate surface area is 428 Å². The molecule has 0 spiro atoms. The number of Topliss-reactive ketones (excluding diaryl/α,β-unsaturated/α-hetero) is 3. The van der Waals surface area contributed by atoms with Crippen LogP contribution in [0.3, 0.4) is 0 Å². The summed E-state index contributed by atoms with van der Waals surface area (Å²) in [5, 5.41) is 12.1. The first-order valence-corrected chi connectivity index (χ1v) is 26.8. The Kier molecular flexibility index (Phi) is 19.7. The molecule has 390 valence electrons. The summed E-state index contributed by atoms with van der Waals surface area (Å²) < 4.78 is 45.5. The number of sulfonamides is 1. The van der Waals surface area contributed by atoms with E-state index in [9.17, 15) is 32.9 Å². The first kappa shape index (κ1) is 55.7. The van der Waals surface area contributed by atoms with E-state index < -0.39 is 57.3 Å². The molecular weight excluding hydrogens is 953 g/mol. The molecule has 2 aliphatic rings. The predicted octanol–water partition coefficient (Wildman–Crippen LogP) is 5.65. The number of nitrogens with two attached hydrogens (primary N) is 2. The molecule has 1 aliphatic carbocycles. The Morgan fingerprint density at radius 3 is 2.15 bits per heavy atom. The van der Waals surface area contributed by atoms with Gasteiger partial charge >= 0.3 is 0 Å². The molecule has 6 rings (SSSR count). The molecule has 2 heterocycles. The number of hydrogen-bond acceptors (Lipinski definition) is 15. The van der Waals surface area contributed by atoms with Crippen LogP contribution in [0.15, 0.2) is 60.7 Å². The summed E-state index contributed by atoms with van der Waals surface area (Å²) >= 11 is 0. The quantitative estimate of drug-likeness (QED) is 0.0734. The zero-order valence-corrected chi connectivity index (χ0v) is 43.2. The van der Waals surface area contributed by atoms with E-state index in [1.165, 1.54) is 18.4 Å². The van der Waals surface area contributed by atoms with Gasteiger partial charge in [0.1, 0.15) is 36.5 Å². The molecule has 0 radical (unpaired) electrons. The van der Waals surface area contributed by atoms with E-state index in [0.717, 1.165) is 43.3 Å². The summed E-state index contributed by atoms with van der Waals surface area (Å²) in [7, 11) is -2.28. The number of nitrogens with zero attached hydrogens (tertiary/aromatic N) is 4. The van der Waals surface area contributed by atoms with Crippen LogP contribution in [0.1, 0.15) is 110 Å². The summed E-state index contributed by atoms with van der Waals surface area (Å²) in [6.45, 7) is 5.35. The van der Waals surface area contributed by atoms with Gasteiger partial charge in [0.05, 0.1) is 41.4 Å². The zero-order chi connectivity index (χ0) is 52.8. The van der Waals surface area contributed by atoms with Crippen LogP contribution in [0.5, 0.6) is 17.2 Å². The zero-order valence-electron chi connectivity index (χ0n) is 42.4. The van der Waals surface area contributed by atoms with Gasteiger partial charge in [0, 0.05) is 80.9 Å². The minimum Gasteiger partial charge on any atom is -0.492 e. The van der Waals surface area contributed by atoms with Gasteiger partial charge in [0.25, 0.3) is 0 Å². The summed E-state index contributed by atoms with van der Waals surface area (Å²) in [5.41, 5.74) is 15.4. The summed E-state index contributed by atoms with van der Waals surface area (Å²) in [6.07, 6.45) is 5.73. The van der Waals surface area contributed by atoms with Gasteiger partial charge < -0.3 is 35.9 Å². The number of fused-ring (bicyclic) bond motifs is 5. The fourth-order valence-corrected chi connectivity index (χ4v) is 9.98. The van der Waals surface area contributed by atoms with Crippen molar-refractivity contribution >= 4 is 39.2 Å². The van der Waals surface area contributed by atoms with Gasteiger partial charge in [0.2, 0.25) is 21.8 Å². The van der Waals surface area contributed by atoms with Crippen molar-refractivity contribution in [2.75, 3.05) is 46.2 Å². The van der Waals surface area contributed by atoms with Crippen LogP contribution in [0, 0.1) is 37.0 Å². The predicted molar refractivity (Wildman–Crippen MR) is 275 cm³/mol. The standard InChI is InChI=1S/C54H68N8O10S/c1-33-28-47(65)51(38-16-20-49(71-27-24-57)43(31-38)42-29-36(13-19-48(42)70-26-23-56)30-44(61-53(33)66)45(63)12-9-22-55)62(4)54(67)39(21-25-58-73(5,68)69)32-46(64)50-34(2)59-52(60-35(50)3)37-14-17-41(18-15-37)72-40-10-7-6-8-11-40/h13-20,29,31,33,39-40,44,51,58H,6-12,21,23-28,30,32,56-57H2,1-5H3,(H,61,66)/t33-,39-,44+,51+/m1/s1. The van der Waals surface area contributed by atoms with E-state index in [1.54, 1.807) is 57.2 Å². The Bertz CT molecular complexity index is 2770. The highest BCUT2D eigenvalue weighted by Crippen LogP contribution is 2.41. The fourth-order valence-electron chi connectivity index (χ4n) is 9.49. The lowest BCUT2D eigenvalue weighted by molar-refractivity contribution is -0.142. The van der Waals surface area contributed by atoms with Gasteiger partial charge in [-0.25, -0.2) is 23.1 Å². The number of nitrogens with one attached hydrogen (secondary N) is 2. The Hall–Kier alpha value is -6.59. The maximum Gasteiger partial charge on any atom is 0.226 e. The van der Waals surface area contributed by atoms with E-state index in [-0.39, 0.29) is 88.8 Å². The number of aryl methyl sites for hydroxylation is 2. The van der Waals surface area contributed by atoms with Crippen molar-refractivity contribution in [1.29, 1.82) is 5.26 Å². The number of ketones is 3. The molecule has 18 nitrogen and oxygen atoms in total. The van der Waals surface area contributed by atoms with E-state index in [4.69, 9.17) is 35.6 Å². The topological polar surface area (TPSA) is 276 Å². The van der Waals surface area contributed by atoms with Crippen LogP contribution in [0.25, 0.3) is 22.5 Å². The fraction of sp³-hybridized carbons (Fsp3) is 0.481. The second-order valence-corrected chi connectivity index (χ2v) is 20.8. The lowest BCUT2D eigenvalue weighted by Gasteiger charge is -2.32. The second-order valence-electron chi connectivity index (χ2n) is 18.9. The van der Waals surface area contributed by atoms with Gasteiger partial charge in [-0.15, -0.1) is 0 Å². The number of amides is 2. The molecule has 1 aromatic heterocycles. The third-order valence-electron chi connectivity index (χ3n) is 13.2. The normalized spacial score (nSPS) is 17.9. The van der Waals surface area contributed by atoms with Gasteiger partial charge in [-0.05, 0) is 112 Å². The molecule has 4 atom stereocenters. The van der Waals surface area contributed by atoms with Gasteiger partial charge in [-0.1, -0.05) is 25.5 Å². The molecule has 73 heavy (non-hydrogen) atoms. The van der Waals surface area contributed by atoms with Crippen LogP contribution in [-0.4, -0.2) is 111 Å². The number of rotatable bonds is 21. The highest BCUT2D eigenvalue weighted by molar-refractivity contribution is 7.88. The summed E-state index contributed by atoms with van der Waals surface area (Å²) in [5.74, 6) is -2.83. The minimum absolute atomic E-state index is 0.0606. The molecule has 0 saturated heterocycles. The summed E-state index contributed by atoms with van der Waals surface area (Å²) in [4.78, 5) is 82.6. The number of carbonyl (C=O) groups is 5. The number of carbonyl (C=O) groups excluding carboxylic acids is 5. The highest BCUT2D eigenvalue weighted by atomic mass is 32.2. The van der Waals surface area contributed by atoms with Crippen molar-refractivity contribution in [2.45, 2.75) is 110 Å². The molecule has 1 fully saturated rings. The van der Waals surface area contributed by atoms with E-state index in [1.807, 2.05) is 30.3 Å². The van der Waals surface area contributed by atoms with Crippen molar-refractivity contribution in [1.82, 2.24) is 24.9 Å². The maximum absolute atomic E-state index is 15.1. The van der Waals surface area contributed by atoms with Crippen molar-refractivity contribution < 1.29 is 46.6 Å². The average Bonchev–Trinajstić information content (AvgIpc) is 3.36. The first-order valence-electron chi connectivity index (χ1n) is 24.9. The van der Waals surface area contributed by atoms with Gasteiger partial charge in [0.15, 0.2) is 23.2 Å². The van der Waals surface area contributed by atoms with Crippen molar-refractivity contribution in [2.24, 2.45) is 23.3 Å². The number of likely N-dealkylation sites (N-methyl/N-ethyl adjacent to an activating group) is 1. The molecule has 4 bridgehead atoms. The van der Waals surface area contributed by atoms with Crippen LogP contribution in [0.4, 0.5) is 0 Å². The monoisotopic (exact) mass is 1020 g/mol. The van der Waals surface area contributed by atoms with Crippen molar-refractivity contribution in [3.63, 3.8) is 0 Å². The lowest BCUT2D eigenvalue weighted by atomic mass is 9.88. The number of benzene rings is 3. The molecule has 1 saturated carbocycles. The van der Waals surface area contributed by atoms with Crippen LogP contribution < -0.4 is 35.7 Å². The van der Waals surface area contributed by atoms with E-state index >= 15 is 4.79 Å². The third-order valence-corrected chi connectivity index (χ3v) is 13.9. The number of aromatic nitrogens is 2. The van der Waals surface area contributed by atoms with E-state index in [0.29, 0.717) is 51.0 Å². The number of nitriles is 1. The number of hydrogen-bond donors (Lipinski definition) is 4. The molecule has 3 aromatic carbocycles. The Balaban J connectivity index is 1.38. The minimum atomic E-state index is -3.71. The molecule has 19 heteroatoms. The van der Waals surface area contributed by atoms with Gasteiger partial charge in [-0.3, -0.25) is 24.0 Å². The van der Waals surface area contributed by atoms with Crippen LogP contribution >= 0.6 is 0 Å². The first-order chi connectivity index (χ1) is 34.9. The molecule has 1 aliphatic heterocycles. The van der Waals surface area contributed by atoms with Crippen LogP contribution in [0.2, 0.25) is 0 Å². The SMILES string of the molecule is Cc1nc(-c2ccc(OC3CCCCC3)cc2)nc(C)c1C(=O)C[C@@H](CCNS(C)(=O)=O)C(=O)N(C)[C@@H]1C(=O)C[C@@H](C)C(=O)N[C@H](C(=O)CCC#N)Cc2ccc(OCCN)c(c2)-c2cc1ccc2OCCN. The second kappa shape index (κ2) is 25.9. The van der Waals surface area contributed by atoms with E-state index in [2.05, 4.69) is 10.0 Å². The molecule has 2 amide bonds. The molecular formula is C54H68N8O10S. The maximum atomic E-state index is 15.1. The van der Waals surface area contributed by atoms with Gasteiger partial charge in [-0.2, -0.15) is 5.26 Å².